The summed E-state index contributed by atoms with van der Waals surface area (Å²) in [7, 11) is 3.83. The van der Waals surface area contributed by atoms with Crippen LogP contribution in [-0.4, -0.2) is 32.2 Å². The van der Waals surface area contributed by atoms with E-state index in [-0.39, 0.29) is 0 Å². The van der Waals surface area contributed by atoms with Gasteiger partial charge in [-0.25, -0.2) is 0 Å². The molecule has 0 radical (unpaired) electrons. The van der Waals surface area contributed by atoms with Gasteiger partial charge in [0.1, 0.15) is 0 Å². The summed E-state index contributed by atoms with van der Waals surface area (Å²) in [6.45, 7) is 6.61. The Morgan fingerprint density at radius 1 is 1.05 bits per heavy atom. The van der Waals surface area contributed by atoms with Crippen LogP contribution in [0.1, 0.15) is 58.3 Å². The molecular weight excluding hydrogens is 273 g/mol. The third-order valence-electron chi connectivity index (χ3n) is 2.86. The van der Waals surface area contributed by atoms with Crippen LogP contribution in [0.4, 0.5) is 0 Å². The highest BCUT2D eigenvalue weighted by Crippen LogP contribution is 2.09. The first-order chi connectivity index (χ1) is 9.33. The molecule has 0 rings (SSSR count). The van der Waals surface area contributed by atoms with E-state index in [0.29, 0.717) is 0 Å². The van der Waals surface area contributed by atoms with Crippen LogP contribution in [0.15, 0.2) is 12.8 Å². The fraction of sp³-hybridized carbons (Fsp3) is 0.867. The number of nitrogens with zero attached hydrogens (tertiary/aromatic N) is 1. The summed E-state index contributed by atoms with van der Waals surface area (Å²) in [4.78, 5) is 9.38. The van der Waals surface area contributed by atoms with E-state index >= 15 is 0 Å². The molecule has 0 N–H and O–H groups in total. The van der Waals surface area contributed by atoms with E-state index in [4.69, 9.17) is 0 Å². The Labute approximate surface area is 126 Å². The van der Waals surface area contributed by atoms with Gasteiger partial charge in [0.15, 0.2) is 8.25 Å². The number of rotatable bonds is 11. The van der Waals surface area contributed by atoms with E-state index in [1.54, 1.807) is 0 Å². The molecule has 4 nitrogen and oxygen atoms in total. The highest BCUT2D eigenvalue weighted by atomic mass is 31.1. The molecule has 0 aliphatic heterocycles. The second-order valence-electron chi connectivity index (χ2n) is 6.02. The molecule has 0 heterocycles. The van der Waals surface area contributed by atoms with E-state index in [2.05, 4.69) is 39.2 Å². The molecule has 0 aromatic carbocycles. The van der Waals surface area contributed by atoms with E-state index in [0.717, 1.165) is 10.7 Å². The molecule has 0 saturated carbocycles. The minimum absolute atomic E-state index is 0.869. The zero-order valence-corrected chi connectivity index (χ0v) is 14.8. The lowest BCUT2D eigenvalue weighted by molar-refractivity contribution is -0.870. The van der Waals surface area contributed by atoms with Gasteiger partial charge in [0.05, 0.1) is 33.9 Å². The fourth-order valence-electron chi connectivity index (χ4n) is 1.79. The lowest BCUT2D eigenvalue weighted by atomic mass is 10.1. The van der Waals surface area contributed by atoms with Gasteiger partial charge < -0.3 is 13.9 Å². The van der Waals surface area contributed by atoms with Crippen molar-refractivity contribution in [2.24, 2.45) is 0 Å². The van der Waals surface area contributed by atoms with Gasteiger partial charge in [-0.3, -0.25) is 4.57 Å². The first-order valence-electron chi connectivity index (χ1n) is 7.62. The largest absolute Gasteiger partial charge is 0.771 e. The number of hydrogen-bond acceptors (Lipinski definition) is 3. The Morgan fingerprint density at radius 2 is 1.50 bits per heavy atom. The fourth-order valence-corrected chi connectivity index (χ4v) is 1.92. The number of quaternary nitrogens is 1. The van der Waals surface area contributed by atoms with Gasteiger partial charge in [0, 0.05) is 0 Å². The maximum atomic E-state index is 9.38. The summed E-state index contributed by atoms with van der Waals surface area (Å²) in [5.41, 5.74) is 0. The first-order valence-corrected chi connectivity index (χ1v) is 8.85. The minimum atomic E-state index is -3.00. The molecule has 1 atom stereocenters. The highest BCUT2D eigenvalue weighted by Gasteiger charge is 2.04. The SMILES string of the molecule is C=CO[PH](=O)[O-].CCCCCCCCCC[N+](C)(C)C. The first kappa shape index (κ1) is 22.0. The Hall–Kier alpha value is -0.310. The van der Waals surface area contributed by atoms with Crippen LogP contribution < -0.4 is 4.89 Å². The van der Waals surface area contributed by atoms with Crippen molar-refractivity contribution in [3.05, 3.63) is 12.8 Å². The molecule has 0 aromatic rings. The van der Waals surface area contributed by atoms with Crippen molar-refractivity contribution in [2.45, 2.75) is 58.3 Å². The second-order valence-corrected chi connectivity index (χ2v) is 6.76. The molecule has 0 aliphatic carbocycles. The smallest absolute Gasteiger partial charge is 0.171 e. The maximum absolute atomic E-state index is 9.38. The summed E-state index contributed by atoms with van der Waals surface area (Å²) in [6.07, 6.45) is 12.3. The van der Waals surface area contributed by atoms with E-state index in [9.17, 15) is 9.46 Å². The highest BCUT2D eigenvalue weighted by molar-refractivity contribution is 7.30. The Balaban J connectivity index is 0. The van der Waals surface area contributed by atoms with E-state index in [1.165, 1.54) is 57.9 Å². The molecular formula is C15H34NO3P. The molecule has 0 fully saturated rings. The summed E-state index contributed by atoms with van der Waals surface area (Å²) >= 11 is 0. The van der Waals surface area contributed by atoms with Crippen LogP contribution in [0.2, 0.25) is 0 Å². The van der Waals surface area contributed by atoms with Crippen molar-refractivity contribution in [2.75, 3.05) is 27.7 Å². The van der Waals surface area contributed by atoms with Crippen LogP contribution in [0.5, 0.6) is 0 Å². The normalized spacial score (nSPS) is 12.2. The van der Waals surface area contributed by atoms with Crippen LogP contribution in [0.3, 0.4) is 0 Å². The zero-order chi connectivity index (χ0) is 15.9. The molecule has 0 bridgehead atoms. The molecule has 0 aromatic heterocycles. The molecule has 0 spiro atoms. The summed E-state index contributed by atoms with van der Waals surface area (Å²) < 4.78 is 14.3. The van der Waals surface area contributed by atoms with Crippen molar-refractivity contribution < 1.29 is 18.5 Å². The molecule has 0 amide bonds. The standard InChI is InChI=1S/C13H30N.C2H5O3P/c1-5-6-7-8-9-10-11-12-13-14(2,3)4;1-2-5-6(3)4/h5-13H2,1-4H3;2,6H,1H2,(H,3,4)/q+1;/p-1. The van der Waals surface area contributed by atoms with Crippen molar-refractivity contribution in [1.29, 1.82) is 0 Å². The third kappa shape index (κ3) is 26.3. The maximum Gasteiger partial charge on any atom is 0.171 e. The molecule has 5 heteroatoms. The van der Waals surface area contributed by atoms with Gasteiger partial charge in [-0.1, -0.05) is 52.0 Å². The van der Waals surface area contributed by atoms with Gasteiger partial charge in [0.2, 0.25) is 0 Å². The minimum Gasteiger partial charge on any atom is -0.771 e. The van der Waals surface area contributed by atoms with Gasteiger partial charge >= 0.3 is 0 Å². The topological polar surface area (TPSA) is 49.4 Å². The van der Waals surface area contributed by atoms with Gasteiger partial charge in [0.25, 0.3) is 0 Å². The molecule has 20 heavy (non-hydrogen) atoms. The van der Waals surface area contributed by atoms with Crippen LogP contribution in [0, 0.1) is 0 Å². The van der Waals surface area contributed by atoms with Crippen LogP contribution in [-0.2, 0) is 9.09 Å². The summed E-state index contributed by atoms with van der Waals surface area (Å²) in [6, 6.07) is 0. The quantitative estimate of drug-likeness (QED) is 0.253. The van der Waals surface area contributed by atoms with Gasteiger partial charge in [-0.15, -0.1) is 0 Å². The zero-order valence-electron chi connectivity index (χ0n) is 13.8. The van der Waals surface area contributed by atoms with Gasteiger partial charge in [-0.05, 0) is 12.8 Å². The molecule has 0 aliphatic rings. The van der Waals surface area contributed by atoms with Crippen LogP contribution >= 0.6 is 8.25 Å². The van der Waals surface area contributed by atoms with E-state index < -0.39 is 8.25 Å². The number of unbranched alkanes of at least 4 members (excludes halogenated alkanes) is 7. The average Bonchev–Trinajstić information content (AvgIpc) is 2.32. The van der Waals surface area contributed by atoms with Crippen molar-refractivity contribution in [3.63, 3.8) is 0 Å². The summed E-state index contributed by atoms with van der Waals surface area (Å²) in [5, 5.41) is 0. The van der Waals surface area contributed by atoms with Crippen molar-refractivity contribution >= 4 is 8.25 Å². The molecule has 0 saturated heterocycles. The Kier molecular flexibility index (Phi) is 16.6. The monoisotopic (exact) mass is 307 g/mol. The van der Waals surface area contributed by atoms with Gasteiger partial charge in [-0.2, -0.15) is 0 Å². The number of hydrogen-bond donors (Lipinski definition) is 0. The lowest BCUT2D eigenvalue weighted by Crippen LogP contribution is -2.35. The van der Waals surface area contributed by atoms with Crippen molar-refractivity contribution in [3.8, 4) is 0 Å². The third-order valence-corrected chi connectivity index (χ3v) is 3.22. The van der Waals surface area contributed by atoms with Crippen LogP contribution in [0.25, 0.3) is 0 Å². The lowest BCUT2D eigenvalue weighted by Gasteiger charge is -2.23. The van der Waals surface area contributed by atoms with E-state index in [1.807, 2.05) is 0 Å². The molecule has 1 unspecified atom stereocenters. The van der Waals surface area contributed by atoms with Crippen molar-refractivity contribution in [1.82, 2.24) is 0 Å². The summed E-state index contributed by atoms with van der Waals surface area (Å²) in [5.74, 6) is 0. The average molecular weight is 307 g/mol. The molecule has 122 valence electrons. The predicted molar refractivity (Wildman–Crippen MR) is 85.8 cm³/mol. The Bertz CT molecular complexity index is 240. The Morgan fingerprint density at radius 3 is 1.80 bits per heavy atom. The second kappa shape index (κ2) is 15.1. The predicted octanol–water partition coefficient (Wildman–Crippen LogP) is 3.73.